The molecule has 2 aromatic carbocycles. The summed E-state index contributed by atoms with van der Waals surface area (Å²) in [7, 11) is -3.41. The minimum absolute atomic E-state index is 0.209. The van der Waals surface area contributed by atoms with Crippen molar-refractivity contribution in [3.8, 4) is 28.3 Å². The first-order chi connectivity index (χ1) is 15.8. The summed E-state index contributed by atoms with van der Waals surface area (Å²) in [5.74, 6) is -0.144. The van der Waals surface area contributed by atoms with Gasteiger partial charge >= 0.3 is 0 Å². The number of aryl methyl sites for hydroxylation is 1. The van der Waals surface area contributed by atoms with E-state index in [1.165, 1.54) is 6.20 Å². The van der Waals surface area contributed by atoms with Gasteiger partial charge in [0.05, 0.1) is 22.2 Å². The van der Waals surface area contributed by atoms with Gasteiger partial charge in [-0.3, -0.25) is 9.89 Å². The molecular formula is C24H19N5O3S. The fourth-order valence-corrected chi connectivity index (χ4v) is 4.44. The third-order valence-electron chi connectivity index (χ3n) is 5.06. The zero-order valence-electron chi connectivity index (χ0n) is 17.8. The Morgan fingerprint density at radius 3 is 2.55 bits per heavy atom. The molecule has 9 heteroatoms. The van der Waals surface area contributed by atoms with Crippen molar-refractivity contribution < 1.29 is 13.2 Å². The van der Waals surface area contributed by atoms with Crippen LogP contribution in [0.3, 0.4) is 0 Å². The molecule has 0 aliphatic rings. The van der Waals surface area contributed by atoms with E-state index in [1.54, 1.807) is 61.5 Å². The zero-order valence-corrected chi connectivity index (χ0v) is 18.6. The lowest BCUT2D eigenvalue weighted by molar-refractivity contribution is 0.102. The summed E-state index contributed by atoms with van der Waals surface area (Å²) in [6.45, 7) is 1.77. The van der Waals surface area contributed by atoms with Gasteiger partial charge in [-0.25, -0.2) is 13.4 Å². The van der Waals surface area contributed by atoms with E-state index >= 15 is 0 Å². The van der Waals surface area contributed by atoms with Crippen LogP contribution < -0.4 is 5.32 Å². The van der Waals surface area contributed by atoms with Crippen molar-refractivity contribution in [1.82, 2.24) is 15.2 Å². The number of nitriles is 1. The number of carbonyl (C=O) groups excluding carboxylic acids is 1. The summed E-state index contributed by atoms with van der Waals surface area (Å²) in [4.78, 5) is 17.4. The highest BCUT2D eigenvalue weighted by Crippen LogP contribution is 2.29. The Kier molecular flexibility index (Phi) is 5.77. The van der Waals surface area contributed by atoms with E-state index in [9.17, 15) is 18.5 Å². The number of hydrogen-bond donors (Lipinski definition) is 2. The van der Waals surface area contributed by atoms with Gasteiger partial charge in [0, 0.05) is 29.1 Å². The van der Waals surface area contributed by atoms with Crippen LogP contribution in [0.25, 0.3) is 22.3 Å². The number of H-pyrrole nitrogens is 1. The van der Waals surface area contributed by atoms with Crippen LogP contribution in [0.4, 0.5) is 5.82 Å². The number of sulfone groups is 1. The Morgan fingerprint density at radius 2 is 1.85 bits per heavy atom. The predicted molar refractivity (Wildman–Crippen MR) is 124 cm³/mol. The number of rotatable bonds is 5. The molecule has 0 aliphatic heterocycles. The molecule has 0 unspecified atom stereocenters. The first kappa shape index (κ1) is 21.9. The van der Waals surface area contributed by atoms with Crippen molar-refractivity contribution in [2.45, 2.75) is 11.8 Å². The van der Waals surface area contributed by atoms with Crippen molar-refractivity contribution >= 4 is 21.6 Å². The second-order valence-electron chi connectivity index (χ2n) is 7.41. The minimum Gasteiger partial charge on any atom is -0.305 e. The summed E-state index contributed by atoms with van der Waals surface area (Å²) in [6, 6.07) is 19.0. The van der Waals surface area contributed by atoms with Gasteiger partial charge in [-0.15, -0.1) is 0 Å². The molecule has 0 aliphatic carbocycles. The third kappa shape index (κ3) is 4.51. The number of amides is 1. The normalized spacial score (nSPS) is 11.1. The standard InChI is InChI=1S/C24H19N5O3S/c1-15-22(17-7-5-6-16(12-17)13-25)23(29-28-15)24(30)27-21-11-10-18(14-26-21)19-8-3-4-9-20(19)33(2,31)32/h3-12,14H,1-2H3,(H,28,29)(H,26,27,30). The van der Waals surface area contributed by atoms with Crippen LogP contribution in [0.15, 0.2) is 71.8 Å². The van der Waals surface area contributed by atoms with E-state index in [-0.39, 0.29) is 10.6 Å². The van der Waals surface area contributed by atoms with Crippen molar-refractivity contribution in [2.24, 2.45) is 0 Å². The molecule has 164 valence electrons. The van der Waals surface area contributed by atoms with Crippen LogP contribution in [0, 0.1) is 18.3 Å². The topological polar surface area (TPSA) is 129 Å². The van der Waals surface area contributed by atoms with Gasteiger partial charge < -0.3 is 5.32 Å². The van der Waals surface area contributed by atoms with Crippen molar-refractivity contribution in [3.63, 3.8) is 0 Å². The molecule has 0 spiro atoms. The molecule has 0 radical (unpaired) electrons. The number of aromatic nitrogens is 3. The van der Waals surface area contributed by atoms with Crippen LogP contribution in [-0.2, 0) is 9.84 Å². The third-order valence-corrected chi connectivity index (χ3v) is 6.21. The SMILES string of the molecule is Cc1n[nH]c(C(=O)Nc2ccc(-c3ccccc3S(C)(=O)=O)cn2)c1-c1cccc(C#N)c1. The molecule has 0 bridgehead atoms. The smallest absolute Gasteiger partial charge is 0.275 e. The average Bonchev–Trinajstić information content (AvgIpc) is 3.20. The maximum atomic E-state index is 12.9. The Hall–Kier alpha value is -4.29. The van der Waals surface area contributed by atoms with Crippen molar-refractivity contribution in [1.29, 1.82) is 5.26 Å². The Labute approximate surface area is 190 Å². The molecule has 33 heavy (non-hydrogen) atoms. The van der Waals surface area contributed by atoms with Crippen LogP contribution in [0.1, 0.15) is 21.7 Å². The highest BCUT2D eigenvalue weighted by Gasteiger charge is 2.20. The van der Waals surface area contributed by atoms with Gasteiger partial charge in [-0.2, -0.15) is 10.4 Å². The second-order valence-corrected chi connectivity index (χ2v) is 9.39. The number of hydrogen-bond acceptors (Lipinski definition) is 6. The second kappa shape index (κ2) is 8.68. The summed E-state index contributed by atoms with van der Waals surface area (Å²) in [6.07, 6.45) is 2.67. The van der Waals surface area contributed by atoms with E-state index < -0.39 is 15.7 Å². The number of aromatic amines is 1. The molecule has 4 rings (SSSR count). The summed E-state index contributed by atoms with van der Waals surface area (Å²) < 4.78 is 24.2. The highest BCUT2D eigenvalue weighted by atomic mass is 32.2. The van der Waals surface area contributed by atoms with E-state index in [0.29, 0.717) is 39.3 Å². The number of benzene rings is 2. The summed E-state index contributed by atoms with van der Waals surface area (Å²) >= 11 is 0. The highest BCUT2D eigenvalue weighted by molar-refractivity contribution is 7.90. The Bertz CT molecular complexity index is 1500. The maximum absolute atomic E-state index is 12.9. The van der Waals surface area contributed by atoms with Gasteiger partial charge in [0.1, 0.15) is 11.5 Å². The van der Waals surface area contributed by atoms with E-state index in [0.717, 1.165) is 6.26 Å². The summed E-state index contributed by atoms with van der Waals surface area (Å²) in [5, 5.41) is 18.8. The molecule has 1 amide bonds. The van der Waals surface area contributed by atoms with E-state index in [2.05, 4.69) is 26.6 Å². The quantitative estimate of drug-likeness (QED) is 0.466. The molecule has 8 nitrogen and oxygen atoms in total. The molecule has 2 heterocycles. The van der Waals surface area contributed by atoms with Gasteiger partial charge in [0.15, 0.2) is 9.84 Å². The number of nitrogens with zero attached hydrogens (tertiary/aromatic N) is 3. The van der Waals surface area contributed by atoms with E-state index in [4.69, 9.17) is 0 Å². The van der Waals surface area contributed by atoms with E-state index in [1.807, 2.05) is 6.07 Å². The summed E-state index contributed by atoms with van der Waals surface area (Å²) in [5.41, 5.74) is 3.79. The fraction of sp³-hybridized carbons (Fsp3) is 0.0833. The molecule has 0 atom stereocenters. The zero-order chi connectivity index (χ0) is 23.6. The Morgan fingerprint density at radius 1 is 1.06 bits per heavy atom. The molecular weight excluding hydrogens is 438 g/mol. The van der Waals surface area contributed by atoms with Gasteiger partial charge in [-0.05, 0) is 42.8 Å². The number of pyridine rings is 1. The van der Waals surface area contributed by atoms with Crippen molar-refractivity contribution in [2.75, 3.05) is 11.6 Å². The van der Waals surface area contributed by atoms with Gasteiger partial charge in [0.2, 0.25) is 0 Å². The van der Waals surface area contributed by atoms with Crippen LogP contribution in [-0.4, -0.2) is 35.8 Å². The predicted octanol–water partition coefficient (Wildman–Crippen LogP) is 3.97. The molecule has 2 N–H and O–H groups in total. The number of anilines is 1. The average molecular weight is 458 g/mol. The van der Waals surface area contributed by atoms with Crippen LogP contribution in [0.2, 0.25) is 0 Å². The molecule has 0 saturated heterocycles. The lowest BCUT2D eigenvalue weighted by Gasteiger charge is -2.09. The molecule has 0 saturated carbocycles. The maximum Gasteiger partial charge on any atom is 0.275 e. The molecule has 2 aromatic heterocycles. The number of nitrogens with one attached hydrogen (secondary N) is 2. The Balaban J connectivity index is 1.61. The fourth-order valence-electron chi connectivity index (χ4n) is 3.53. The van der Waals surface area contributed by atoms with Gasteiger partial charge in [-0.1, -0.05) is 30.3 Å². The minimum atomic E-state index is -3.41. The lowest BCUT2D eigenvalue weighted by atomic mass is 10.0. The monoisotopic (exact) mass is 457 g/mol. The van der Waals surface area contributed by atoms with Gasteiger partial charge in [0.25, 0.3) is 5.91 Å². The molecule has 4 aromatic rings. The largest absolute Gasteiger partial charge is 0.305 e. The lowest BCUT2D eigenvalue weighted by Crippen LogP contribution is -2.14. The van der Waals surface area contributed by atoms with Crippen LogP contribution >= 0.6 is 0 Å². The number of carbonyl (C=O) groups is 1. The van der Waals surface area contributed by atoms with Crippen LogP contribution in [0.5, 0.6) is 0 Å². The first-order valence-corrected chi connectivity index (χ1v) is 11.8. The first-order valence-electron chi connectivity index (χ1n) is 9.90. The molecule has 0 fully saturated rings. The van der Waals surface area contributed by atoms with Crippen molar-refractivity contribution in [3.05, 3.63) is 83.8 Å².